The number of amides is 3. The molecule has 7 nitrogen and oxygen atoms in total. The van der Waals surface area contributed by atoms with Crippen LogP contribution in [0.25, 0.3) is 0 Å². The van der Waals surface area contributed by atoms with E-state index in [1.807, 2.05) is 11.0 Å². The van der Waals surface area contributed by atoms with Gasteiger partial charge < -0.3 is 19.7 Å². The van der Waals surface area contributed by atoms with Gasteiger partial charge >= 0.3 is 6.03 Å². The van der Waals surface area contributed by atoms with Crippen molar-refractivity contribution in [3.05, 3.63) is 47.7 Å². The molecule has 0 spiro atoms. The highest BCUT2D eigenvalue weighted by Gasteiger charge is 2.48. The zero-order chi connectivity index (χ0) is 19.1. The SMILES string of the molecule is C=CCN1C(=O)NC(c2cc(OC)ccc2OC)C2=C1CN(C1CC1)C2=O. The molecule has 142 valence electrons. The van der Waals surface area contributed by atoms with Crippen LogP contribution in [0.15, 0.2) is 42.1 Å². The normalized spacial score (nSPS) is 21.9. The van der Waals surface area contributed by atoms with Crippen LogP contribution >= 0.6 is 0 Å². The first-order chi connectivity index (χ1) is 13.1. The predicted octanol–water partition coefficient (Wildman–Crippen LogP) is 2.21. The van der Waals surface area contributed by atoms with E-state index in [0.717, 1.165) is 18.5 Å². The lowest BCUT2D eigenvalue weighted by Crippen LogP contribution is -2.47. The number of nitrogens with one attached hydrogen (secondary N) is 1. The summed E-state index contributed by atoms with van der Waals surface area (Å²) in [5.41, 5.74) is 2.07. The fourth-order valence-electron chi connectivity index (χ4n) is 3.82. The Morgan fingerprint density at radius 3 is 2.67 bits per heavy atom. The average molecular weight is 369 g/mol. The van der Waals surface area contributed by atoms with Crippen molar-refractivity contribution in [3.8, 4) is 11.5 Å². The molecule has 7 heteroatoms. The molecule has 1 aliphatic carbocycles. The smallest absolute Gasteiger partial charge is 0.322 e. The lowest BCUT2D eigenvalue weighted by molar-refractivity contribution is -0.126. The van der Waals surface area contributed by atoms with Gasteiger partial charge in [0.25, 0.3) is 5.91 Å². The molecule has 3 aliphatic rings. The Bertz CT molecular complexity index is 844. The van der Waals surface area contributed by atoms with E-state index in [-0.39, 0.29) is 18.0 Å². The predicted molar refractivity (Wildman–Crippen MR) is 99.5 cm³/mol. The van der Waals surface area contributed by atoms with Crippen molar-refractivity contribution in [2.45, 2.75) is 24.9 Å². The summed E-state index contributed by atoms with van der Waals surface area (Å²) in [4.78, 5) is 29.5. The van der Waals surface area contributed by atoms with Crippen LogP contribution in [0.1, 0.15) is 24.4 Å². The molecule has 1 saturated carbocycles. The maximum Gasteiger partial charge on any atom is 0.322 e. The monoisotopic (exact) mass is 369 g/mol. The first kappa shape index (κ1) is 17.5. The molecular formula is C20H23N3O4. The van der Waals surface area contributed by atoms with Crippen LogP contribution in [0.3, 0.4) is 0 Å². The third kappa shape index (κ3) is 2.83. The van der Waals surface area contributed by atoms with Crippen LogP contribution in [-0.2, 0) is 4.79 Å². The molecule has 0 saturated heterocycles. The Morgan fingerprint density at radius 2 is 2.04 bits per heavy atom. The van der Waals surface area contributed by atoms with E-state index in [1.165, 1.54) is 0 Å². The number of nitrogens with zero attached hydrogens (tertiary/aromatic N) is 2. The van der Waals surface area contributed by atoms with Gasteiger partial charge in [-0.2, -0.15) is 0 Å². The summed E-state index contributed by atoms with van der Waals surface area (Å²) in [6.07, 6.45) is 3.70. The van der Waals surface area contributed by atoms with Gasteiger partial charge in [0.1, 0.15) is 11.5 Å². The third-order valence-electron chi connectivity index (χ3n) is 5.30. The molecule has 2 heterocycles. The minimum atomic E-state index is -0.574. The van der Waals surface area contributed by atoms with Gasteiger partial charge in [-0.15, -0.1) is 6.58 Å². The van der Waals surface area contributed by atoms with E-state index < -0.39 is 6.04 Å². The fourth-order valence-corrected chi connectivity index (χ4v) is 3.82. The summed E-state index contributed by atoms with van der Waals surface area (Å²) in [6.45, 7) is 4.56. The van der Waals surface area contributed by atoms with E-state index in [1.54, 1.807) is 37.3 Å². The second kappa shape index (κ2) is 6.64. The van der Waals surface area contributed by atoms with Crippen molar-refractivity contribution >= 4 is 11.9 Å². The third-order valence-corrected chi connectivity index (χ3v) is 5.30. The van der Waals surface area contributed by atoms with Crippen molar-refractivity contribution in [1.82, 2.24) is 15.1 Å². The molecule has 0 bridgehead atoms. The Morgan fingerprint density at radius 1 is 1.26 bits per heavy atom. The Hall–Kier alpha value is -2.96. The van der Waals surface area contributed by atoms with Gasteiger partial charge in [0, 0.05) is 18.2 Å². The molecule has 0 radical (unpaired) electrons. The number of methoxy groups -OCH3 is 2. The zero-order valence-corrected chi connectivity index (χ0v) is 15.5. The number of carbonyl (C=O) groups excluding carboxylic acids is 2. The molecule has 1 aromatic carbocycles. The Labute approximate surface area is 158 Å². The summed E-state index contributed by atoms with van der Waals surface area (Å²) in [5.74, 6) is 1.22. The number of hydrogen-bond acceptors (Lipinski definition) is 4. The first-order valence-electron chi connectivity index (χ1n) is 9.04. The molecule has 1 fully saturated rings. The molecule has 1 atom stereocenters. The number of hydrogen-bond donors (Lipinski definition) is 1. The van der Waals surface area contributed by atoms with E-state index >= 15 is 0 Å². The second-order valence-electron chi connectivity index (χ2n) is 6.91. The van der Waals surface area contributed by atoms with Crippen molar-refractivity contribution in [3.63, 3.8) is 0 Å². The number of rotatable bonds is 6. The highest BCUT2D eigenvalue weighted by Crippen LogP contribution is 2.43. The quantitative estimate of drug-likeness (QED) is 0.781. The molecule has 3 amide bonds. The topological polar surface area (TPSA) is 71.1 Å². The molecule has 2 aliphatic heterocycles. The van der Waals surface area contributed by atoms with E-state index in [4.69, 9.17) is 9.47 Å². The van der Waals surface area contributed by atoms with Crippen LogP contribution in [0.5, 0.6) is 11.5 Å². The minimum Gasteiger partial charge on any atom is -0.497 e. The number of benzene rings is 1. The summed E-state index contributed by atoms with van der Waals surface area (Å²) >= 11 is 0. The molecule has 1 N–H and O–H groups in total. The van der Waals surface area contributed by atoms with Gasteiger partial charge in [0.05, 0.1) is 38.1 Å². The molecule has 4 rings (SSSR count). The van der Waals surface area contributed by atoms with Crippen molar-refractivity contribution in [2.75, 3.05) is 27.3 Å². The minimum absolute atomic E-state index is 0.0172. The molecule has 1 aromatic rings. The van der Waals surface area contributed by atoms with Crippen molar-refractivity contribution < 1.29 is 19.1 Å². The average Bonchev–Trinajstić information content (AvgIpc) is 3.46. The lowest BCUT2D eigenvalue weighted by atomic mass is 9.94. The number of ether oxygens (including phenoxy) is 2. The van der Waals surface area contributed by atoms with Gasteiger partial charge in [-0.05, 0) is 31.0 Å². The van der Waals surface area contributed by atoms with E-state index in [9.17, 15) is 9.59 Å². The molecular weight excluding hydrogens is 346 g/mol. The summed E-state index contributed by atoms with van der Waals surface area (Å²) in [5, 5.41) is 2.97. The summed E-state index contributed by atoms with van der Waals surface area (Å²) < 4.78 is 10.8. The van der Waals surface area contributed by atoms with Gasteiger partial charge in [0.2, 0.25) is 0 Å². The lowest BCUT2D eigenvalue weighted by Gasteiger charge is -2.33. The van der Waals surface area contributed by atoms with Crippen LogP contribution in [0.2, 0.25) is 0 Å². The van der Waals surface area contributed by atoms with Crippen LogP contribution in [0, 0.1) is 0 Å². The Balaban J connectivity index is 1.82. The van der Waals surface area contributed by atoms with Gasteiger partial charge in [0.15, 0.2) is 0 Å². The number of urea groups is 1. The van der Waals surface area contributed by atoms with Crippen LogP contribution in [-0.4, -0.2) is 55.1 Å². The fraction of sp³-hybridized carbons (Fsp3) is 0.400. The van der Waals surface area contributed by atoms with E-state index in [0.29, 0.717) is 35.7 Å². The highest BCUT2D eigenvalue weighted by atomic mass is 16.5. The molecule has 0 aromatic heterocycles. The van der Waals surface area contributed by atoms with Crippen molar-refractivity contribution in [1.29, 1.82) is 0 Å². The summed E-state index contributed by atoms with van der Waals surface area (Å²) in [7, 11) is 3.15. The van der Waals surface area contributed by atoms with Crippen LogP contribution in [0.4, 0.5) is 4.79 Å². The van der Waals surface area contributed by atoms with Gasteiger partial charge in [-0.3, -0.25) is 9.69 Å². The molecule has 27 heavy (non-hydrogen) atoms. The largest absolute Gasteiger partial charge is 0.497 e. The Kier molecular flexibility index (Phi) is 4.30. The maximum absolute atomic E-state index is 13.2. The van der Waals surface area contributed by atoms with Crippen molar-refractivity contribution in [2.24, 2.45) is 0 Å². The number of carbonyl (C=O) groups is 2. The first-order valence-corrected chi connectivity index (χ1v) is 9.04. The maximum atomic E-state index is 13.2. The molecule has 1 unspecified atom stereocenters. The second-order valence-corrected chi connectivity index (χ2v) is 6.91. The van der Waals surface area contributed by atoms with E-state index in [2.05, 4.69) is 11.9 Å². The highest BCUT2D eigenvalue weighted by molar-refractivity contribution is 6.02. The summed E-state index contributed by atoms with van der Waals surface area (Å²) in [6, 6.07) is 4.85. The zero-order valence-electron chi connectivity index (χ0n) is 15.5. The van der Waals surface area contributed by atoms with Gasteiger partial charge in [-0.25, -0.2) is 4.79 Å². The van der Waals surface area contributed by atoms with Crippen LogP contribution < -0.4 is 14.8 Å². The standard InChI is InChI=1S/C20H23N3O4/c1-4-9-22-15-11-23(12-5-6-12)19(24)17(15)18(21-20(22)25)14-10-13(26-2)7-8-16(14)27-3/h4,7-8,10,12,18H,1,5-6,9,11H2,2-3H3,(H,21,25). The van der Waals surface area contributed by atoms with Gasteiger partial charge in [-0.1, -0.05) is 6.08 Å².